The molecule has 20 heavy (non-hydrogen) atoms. The summed E-state index contributed by atoms with van der Waals surface area (Å²) in [6.45, 7) is 0.918. The van der Waals surface area contributed by atoms with E-state index in [-0.39, 0.29) is 0 Å². The second-order valence-corrected chi connectivity index (χ2v) is 5.93. The minimum absolute atomic E-state index is 0.918. The Morgan fingerprint density at radius 1 is 0.800 bits per heavy atom. The molecular formula is C18H17NS. The highest BCUT2D eigenvalue weighted by Crippen LogP contribution is 2.30. The molecule has 2 heteroatoms. The van der Waals surface area contributed by atoms with Gasteiger partial charge in [0.25, 0.3) is 0 Å². The molecule has 0 amide bonds. The summed E-state index contributed by atoms with van der Waals surface area (Å²) in [7, 11) is 1.97. The van der Waals surface area contributed by atoms with Crippen molar-refractivity contribution >= 4 is 22.5 Å². The Labute approximate surface area is 124 Å². The normalized spacial score (nSPS) is 10.8. The van der Waals surface area contributed by atoms with Gasteiger partial charge in [0.15, 0.2) is 0 Å². The van der Waals surface area contributed by atoms with E-state index in [9.17, 15) is 0 Å². The van der Waals surface area contributed by atoms with Gasteiger partial charge in [-0.15, -0.1) is 0 Å². The van der Waals surface area contributed by atoms with Crippen LogP contribution in [0.15, 0.2) is 76.5 Å². The molecule has 0 heterocycles. The second-order valence-electron chi connectivity index (χ2n) is 4.79. The number of hydrogen-bond donors (Lipinski definition) is 1. The van der Waals surface area contributed by atoms with E-state index in [1.54, 1.807) is 0 Å². The zero-order valence-electron chi connectivity index (χ0n) is 11.5. The maximum absolute atomic E-state index is 3.17. The summed E-state index contributed by atoms with van der Waals surface area (Å²) in [5.74, 6) is 0. The van der Waals surface area contributed by atoms with Crippen molar-refractivity contribution in [3.8, 4) is 0 Å². The third-order valence-corrected chi connectivity index (χ3v) is 4.26. The van der Waals surface area contributed by atoms with Crippen LogP contribution in [0.25, 0.3) is 10.8 Å². The van der Waals surface area contributed by atoms with E-state index in [0.717, 1.165) is 6.54 Å². The van der Waals surface area contributed by atoms with Gasteiger partial charge in [-0.1, -0.05) is 54.2 Å². The van der Waals surface area contributed by atoms with Crippen LogP contribution in [0.2, 0.25) is 0 Å². The lowest BCUT2D eigenvalue weighted by Gasteiger charge is -2.05. The van der Waals surface area contributed by atoms with Crippen LogP contribution < -0.4 is 5.32 Å². The molecule has 0 saturated carbocycles. The van der Waals surface area contributed by atoms with E-state index in [4.69, 9.17) is 0 Å². The number of hydrogen-bond acceptors (Lipinski definition) is 2. The van der Waals surface area contributed by atoms with Crippen LogP contribution in [0.1, 0.15) is 5.56 Å². The molecule has 0 saturated heterocycles. The summed E-state index contributed by atoms with van der Waals surface area (Å²) >= 11 is 1.81. The fourth-order valence-electron chi connectivity index (χ4n) is 2.25. The zero-order valence-corrected chi connectivity index (χ0v) is 12.3. The Morgan fingerprint density at radius 2 is 1.50 bits per heavy atom. The van der Waals surface area contributed by atoms with Crippen LogP contribution in [0.5, 0.6) is 0 Å². The molecule has 3 aromatic rings. The summed E-state index contributed by atoms with van der Waals surface area (Å²) in [4.78, 5) is 2.56. The van der Waals surface area contributed by atoms with Crippen molar-refractivity contribution in [3.05, 3.63) is 72.3 Å². The van der Waals surface area contributed by atoms with Gasteiger partial charge in [-0.3, -0.25) is 0 Å². The Kier molecular flexibility index (Phi) is 4.05. The van der Waals surface area contributed by atoms with Gasteiger partial charge in [0.1, 0.15) is 0 Å². The van der Waals surface area contributed by atoms with E-state index < -0.39 is 0 Å². The molecule has 0 fully saturated rings. The summed E-state index contributed by atoms with van der Waals surface area (Å²) in [6, 6.07) is 23.8. The topological polar surface area (TPSA) is 12.0 Å². The predicted octanol–water partition coefficient (Wildman–Crippen LogP) is 4.71. The van der Waals surface area contributed by atoms with Crippen LogP contribution in [-0.4, -0.2) is 7.05 Å². The molecule has 0 atom stereocenters. The van der Waals surface area contributed by atoms with Gasteiger partial charge < -0.3 is 5.32 Å². The first-order valence-electron chi connectivity index (χ1n) is 6.75. The molecule has 0 aromatic heterocycles. The van der Waals surface area contributed by atoms with Crippen molar-refractivity contribution < 1.29 is 0 Å². The Hall–Kier alpha value is -1.77. The number of nitrogens with one attached hydrogen (secondary N) is 1. The van der Waals surface area contributed by atoms with Crippen LogP contribution >= 0.6 is 11.8 Å². The molecule has 0 unspecified atom stereocenters. The molecule has 0 aliphatic carbocycles. The molecular weight excluding hydrogens is 262 g/mol. The molecule has 0 bridgehead atoms. The third kappa shape index (κ3) is 3.03. The highest BCUT2D eigenvalue weighted by atomic mass is 32.2. The Morgan fingerprint density at radius 3 is 2.25 bits per heavy atom. The van der Waals surface area contributed by atoms with Crippen molar-refractivity contribution in [2.24, 2.45) is 0 Å². The molecule has 0 spiro atoms. The first-order chi connectivity index (χ1) is 9.85. The zero-order chi connectivity index (χ0) is 13.8. The number of fused-ring (bicyclic) bond motifs is 1. The quantitative estimate of drug-likeness (QED) is 0.742. The molecule has 3 rings (SSSR count). The van der Waals surface area contributed by atoms with Crippen molar-refractivity contribution in [2.75, 3.05) is 7.05 Å². The second kappa shape index (κ2) is 6.12. The molecule has 3 aromatic carbocycles. The molecule has 1 N–H and O–H groups in total. The molecule has 0 radical (unpaired) electrons. The SMILES string of the molecule is CNCc1ccc(Sc2ccc3ccccc3c2)cc1. The molecule has 0 aliphatic rings. The smallest absolute Gasteiger partial charge is 0.0202 e. The van der Waals surface area contributed by atoms with Gasteiger partial charge in [0.05, 0.1) is 0 Å². The lowest BCUT2D eigenvalue weighted by atomic mass is 10.1. The summed E-state index contributed by atoms with van der Waals surface area (Å²) in [5, 5.41) is 5.75. The van der Waals surface area contributed by atoms with E-state index in [0.29, 0.717) is 0 Å². The highest BCUT2D eigenvalue weighted by Gasteiger charge is 2.00. The van der Waals surface area contributed by atoms with Gasteiger partial charge in [-0.05, 0) is 47.6 Å². The predicted molar refractivity (Wildman–Crippen MR) is 87.3 cm³/mol. The minimum Gasteiger partial charge on any atom is -0.316 e. The summed E-state index contributed by atoms with van der Waals surface area (Å²) in [6.07, 6.45) is 0. The van der Waals surface area contributed by atoms with Crippen molar-refractivity contribution in [2.45, 2.75) is 16.3 Å². The summed E-state index contributed by atoms with van der Waals surface area (Å²) in [5.41, 5.74) is 1.32. The van der Waals surface area contributed by atoms with Gasteiger partial charge in [-0.25, -0.2) is 0 Å². The van der Waals surface area contributed by atoms with Crippen LogP contribution in [0.3, 0.4) is 0 Å². The summed E-state index contributed by atoms with van der Waals surface area (Å²) < 4.78 is 0. The van der Waals surface area contributed by atoms with Crippen LogP contribution in [-0.2, 0) is 6.54 Å². The standard InChI is InChI=1S/C18H17NS/c1-19-13-14-6-9-17(10-7-14)20-18-11-8-15-4-2-3-5-16(15)12-18/h2-12,19H,13H2,1H3. The maximum Gasteiger partial charge on any atom is 0.0202 e. The van der Waals surface area contributed by atoms with Gasteiger partial charge in [0.2, 0.25) is 0 Å². The van der Waals surface area contributed by atoms with E-state index in [2.05, 4.69) is 72.0 Å². The van der Waals surface area contributed by atoms with Crippen molar-refractivity contribution in [3.63, 3.8) is 0 Å². The monoisotopic (exact) mass is 279 g/mol. The van der Waals surface area contributed by atoms with E-state index >= 15 is 0 Å². The first kappa shape index (κ1) is 13.2. The van der Waals surface area contributed by atoms with Crippen molar-refractivity contribution in [1.29, 1.82) is 0 Å². The minimum atomic E-state index is 0.918. The Balaban J connectivity index is 1.81. The number of rotatable bonds is 4. The molecule has 0 aliphatic heterocycles. The average molecular weight is 279 g/mol. The van der Waals surface area contributed by atoms with Crippen molar-refractivity contribution in [1.82, 2.24) is 5.32 Å². The lowest BCUT2D eigenvalue weighted by molar-refractivity contribution is 0.817. The van der Waals surface area contributed by atoms with Gasteiger partial charge in [-0.2, -0.15) is 0 Å². The van der Waals surface area contributed by atoms with E-state index in [1.807, 2.05) is 18.8 Å². The highest BCUT2D eigenvalue weighted by molar-refractivity contribution is 7.99. The fraction of sp³-hybridized carbons (Fsp3) is 0.111. The molecule has 1 nitrogen and oxygen atoms in total. The fourth-order valence-corrected chi connectivity index (χ4v) is 3.11. The third-order valence-electron chi connectivity index (χ3n) is 3.26. The average Bonchev–Trinajstić information content (AvgIpc) is 2.49. The van der Waals surface area contributed by atoms with Crippen LogP contribution in [0.4, 0.5) is 0 Å². The molecule has 100 valence electrons. The van der Waals surface area contributed by atoms with E-state index in [1.165, 1.54) is 26.1 Å². The first-order valence-corrected chi connectivity index (χ1v) is 7.57. The van der Waals surface area contributed by atoms with Crippen LogP contribution in [0, 0.1) is 0 Å². The van der Waals surface area contributed by atoms with Gasteiger partial charge in [0, 0.05) is 16.3 Å². The largest absolute Gasteiger partial charge is 0.316 e. The number of benzene rings is 3. The lowest BCUT2D eigenvalue weighted by Crippen LogP contribution is -2.04. The maximum atomic E-state index is 3.17. The van der Waals surface area contributed by atoms with Gasteiger partial charge >= 0.3 is 0 Å². The Bertz CT molecular complexity index is 704.